The Kier molecular flexibility index (Phi) is 5.25. The van der Waals surface area contributed by atoms with Crippen molar-refractivity contribution in [2.45, 2.75) is 32.7 Å². The smallest absolute Gasteiger partial charge is 0.230 e. The van der Waals surface area contributed by atoms with Crippen molar-refractivity contribution in [3.05, 3.63) is 36.5 Å². The molecule has 2 amide bonds. The van der Waals surface area contributed by atoms with Gasteiger partial charge in [0.15, 0.2) is 0 Å². The lowest BCUT2D eigenvalue weighted by Crippen LogP contribution is -2.29. The molecule has 2 atom stereocenters. The van der Waals surface area contributed by atoms with Crippen LogP contribution >= 0.6 is 0 Å². The number of hydrogen-bond acceptors (Lipinski definition) is 4. The van der Waals surface area contributed by atoms with Crippen LogP contribution in [0.25, 0.3) is 0 Å². The van der Waals surface area contributed by atoms with E-state index in [1.807, 2.05) is 25.1 Å². The third kappa shape index (κ3) is 3.42. The van der Waals surface area contributed by atoms with Crippen LogP contribution < -0.4 is 15.0 Å². The highest BCUT2D eigenvalue weighted by molar-refractivity contribution is 6.04. The van der Waals surface area contributed by atoms with Gasteiger partial charge in [-0.25, -0.2) is 4.68 Å². The Labute approximate surface area is 152 Å². The summed E-state index contributed by atoms with van der Waals surface area (Å²) in [6, 6.07) is 9.30. The maximum atomic E-state index is 12.7. The molecule has 1 aliphatic heterocycles. The van der Waals surface area contributed by atoms with Crippen LogP contribution in [-0.4, -0.2) is 35.2 Å². The summed E-state index contributed by atoms with van der Waals surface area (Å²) < 4.78 is 7.13. The third-order valence-corrected chi connectivity index (χ3v) is 4.80. The third-order valence-electron chi connectivity index (χ3n) is 4.80. The molecule has 1 saturated heterocycles. The molecule has 2 unspecified atom stereocenters. The first-order valence-electron chi connectivity index (χ1n) is 8.82. The van der Waals surface area contributed by atoms with Crippen molar-refractivity contribution in [3.8, 4) is 5.75 Å². The molecule has 3 rings (SSSR count). The van der Waals surface area contributed by atoms with Gasteiger partial charge in [-0.3, -0.25) is 9.59 Å². The summed E-state index contributed by atoms with van der Waals surface area (Å²) in [6.45, 7) is 4.45. The highest BCUT2D eigenvalue weighted by atomic mass is 16.5. The highest BCUT2D eigenvalue weighted by Gasteiger charge is 2.36. The highest BCUT2D eigenvalue weighted by Crippen LogP contribution is 2.33. The van der Waals surface area contributed by atoms with Crippen LogP contribution in [0.2, 0.25) is 0 Å². The fraction of sp³-hybridized carbons (Fsp3) is 0.421. The van der Waals surface area contributed by atoms with E-state index in [0.717, 1.165) is 6.42 Å². The van der Waals surface area contributed by atoms with Crippen LogP contribution in [0, 0.1) is 5.92 Å². The molecule has 1 N–H and O–H groups in total. The van der Waals surface area contributed by atoms with Gasteiger partial charge in [0.2, 0.25) is 11.8 Å². The normalized spacial score (nSPS) is 18.0. The van der Waals surface area contributed by atoms with Crippen molar-refractivity contribution >= 4 is 23.3 Å². The molecule has 26 heavy (non-hydrogen) atoms. The van der Waals surface area contributed by atoms with E-state index in [1.54, 1.807) is 35.0 Å². The molecule has 1 aliphatic rings. The lowest BCUT2D eigenvalue weighted by atomic mass is 10.1. The van der Waals surface area contributed by atoms with Crippen molar-refractivity contribution in [2.24, 2.45) is 5.92 Å². The number of benzene rings is 1. The molecular formula is C19H24N4O3. The quantitative estimate of drug-likeness (QED) is 0.863. The first-order valence-corrected chi connectivity index (χ1v) is 8.82. The summed E-state index contributed by atoms with van der Waals surface area (Å²) in [6.07, 6.45) is 2.76. The molecule has 1 aromatic heterocycles. The molecule has 0 radical (unpaired) electrons. The predicted molar refractivity (Wildman–Crippen MR) is 99.3 cm³/mol. The minimum atomic E-state index is -0.410. The van der Waals surface area contributed by atoms with E-state index in [2.05, 4.69) is 17.3 Å². The molecule has 7 nitrogen and oxygen atoms in total. The van der Waals surface area contributed by atoms with Crippen LogP contribution in [0.4, 0.5) is 11.5 Å². The summed E-state index contributed by atoms with van der Waals surface area (Å²) in [5.41, 5.74) is 0.694. The molecule has 0 spiro atoms. The Balaban J connectivity index is 1.73. The monoisotopic (exact) mass is 356 g/mol. The molecule has 1 fully saturated rings. The van der Waals surface area contributed by atoms with Gasteiger partial charge in [0, 0.05) is 19.0 Å². The van der Waals surface area contributed by atoms with Crippen molar-refractivity contribution in [1.82, 2.24) is 9.78 Å². The largest absolute Gasteiger partial charge is 0.495 e. The van der Waals surface area contributed by atoms with Crippen LogP contribution in [0.5, 0.6) is 5.75 Å². The Morgan fingerprint density at radius 1 is 1.38 bits per heavy atom. The molecule has 2 heterocycles. The first-order chi connectivity index (χ1) is 12.5. The number of nitrogens with zero attached hydrogens (tertiary/aromatic N) is 3. The Morgan fingerprint density at radius 2 is 2.15 bits per heavy atom. The van der Waals surface area contributed by atoms with Crippen LogP contribution in [0.1, 0.15) is 32.7 Å². The van der Waals surface area contributed by atoms with Crippen molar-refractivity contribution in [3.63, 3.8) is 0 Å². The molecule has 0 bridgehead atoms. The Bertz CT molecular complexity index is 802. The van der Waals surface area contributed by atoms with E-state index < -0.39 is 5.92 Å². The van der Waals surface area contributed by atoms with Gasteiger partial charge in [0.25, 0.3) is 0 Å². The lowest BCUT2D eigenvalue weighted by Gasteiger charge is -2.19. The summed E-state index contributed by atoms with van der Waals surface area (Å²) in [5.74, 6) is 0.628. The number of methoxy groups -OCH3 is 1. The first kappa shape index (κ1) is 18.0. The SMILES string of the molecule is CCC(C)n1nccc1NC(=O)C1CC(=O)N(c2ccccc2OC)C1. The number of rotatable bonds is 6. The summed E-state index contributed by atoms with van der Waals surface area (Å²) in [4.78, 5) is 26.8. The number of aromatic nitrogens is 2. The van der Waals surface area contributed by atoms with Crippen LogP contribution in [0.3, 0.4) is 0 Å². The number of hydrogen-bond donors (Lipinski definition) is 1. The van der Waals surface area contributed by atoms with Gasteiger partial charge in [-0.05, 0) is 25.5 Å². The van der Waals surface area contributed by atoms with E-state index in [1.165, 1.54) is 0 Å². The van der Waals surface area contributed by atoms with E-state index in [-0.39, 0.29) is 24.3 Å². The summed E-state index contributed by atoms with van der Waals surface area (Å²) in [5, 5.41) is 7.20. The topological polar surface area (TPSA) is 76.5 Å². The summed E-state index contributed by atoms with van der Waals surface area (Å²) >= 11 is 0. The number of carbonyl (C=O) groups excluding carboxylic acids is 2. The number of carbonyl (C=O) groups is 2. The zero-order valence-electron chi connectivity index (χ0n) is 15.3. The van der Waals surface area contributed by atoms with E-state index in [9.17, 15) is 9.59 Å². The molecule has 138 valence electrons. The van der Waals surface area contributed by atoms with Gasteiger partial charge in [-0.2, -0.15) is 5.10 Å². The fourth-order valence-corrected chi connectivity index (χ4v) is 3.13. The second-order valence-corrected chi connectivity index (χ2v) is 6.48. The van der Waals surface area contributed by atoms with E-state index in [0.29, 0.717) is 23.8 Å². The summed E-state index contributed by atoms with van der Waals surface area (Å²) in [7, 11) is 1.57. The van der Waals surface area contributed by atoms with Crippen LogP contribution in [-0.2, 0) is 9.59 Å². The molecular weight excluding hydrogens is 332 g/mol. The number of anilines is 2. The predicted octanol–water partition coefficient (Wildman–Crippen LogP) is 2.85. The number of para-hydroxylation sites is 2. The molecule has 0 aliphatic carbocycles. The standard InChI is InChI=1S/C19H24N4O3/c1-4-13(2)23-17(9-10-20-23)21-19(25)14-11-18(24)22(12-14)15-7-5-6-8-16(15)26-3/h5-10,13-14H,4,11-12H2,1-3H3,(H,21,25). The van der Waals surface area contributed by atoms with E-state index in [4.69, 9.17) is 4.74 Å². The lowest BCUT2D eigenvalue weighted by molar-refractivity contribution is -0.122. The zero-order valence-corrected chi connectivity index (χ0v) is 15.3. The second kappa shape index (κ2) is 7.59. The zero-order chi connectivity index (χ0) is 18.7. The molecule has 7 heteroatoms. The minimum Gasteiger partial charge on any atom is -0.495 e. The van der Waals surface area contributed by atoms with Crippen molar-refractivity contribution in [1.29, 1.82) is 0 Å². The molecule has 1 aromatic carbocycles. The average Bonchev–Trinajstić information content (AvgIpc) is 3.27. The van der Waals surface area contributed by atoms with Gasteiger partial charge in [-0.1, -0.05) is 19.1 Å². The Hall–Kier alpha value is -2.83. The van der Waals surface area contributed by atoms with Crippen LogP contribution in [0.15, 0.2) is 36.5 Å². The number of ether oxygens (including phenoxy) is 1. The number of amides is 2. The van der Waals surface area contributed by atoms with Gasteiger partial charge >= 0.3 is 0 Å². The maximum absolute atomic E-state index is 12.7. The Morgan fingerprint density at radius 3 is 2.88 bits per heavy atom. The number of nitrogens with one attached hydrogen (secondary N) is 1. The van der Waals surface area contributed by atoms with Gasteiger partial charge < -0.3 is 15.0 Å². The van der Waals surface area contributed by atoms with Gasteiger partial charge in [-0.15, -0.1) is 0 Å². The van der Waals surface area contributed by atoms with E-state index >= 15 is 0 Å². The average molecular weight is 356 g/mol. The van der Waals surface area contributed by atoms with Gasteiger partial charge in [0.1, 0.15) is 11.6 Å². The second-order valence-electron chi connectivity index (χ2n) is 6.48. The van der Waals surface area contributed by atoms with Gasteiger partial charge in [0.05, 0.1) is 31.0 Å². The van der Waals surface area contributed by atoms with Crippen molar-refractivity contribution < 1.29 is 14.3 Å². The minimum absolute atomic E-state index is 0.0786. The molecule has 2 aromatic rings. The molecule has 0 saturated carbocycles. The maximum Gasteiger partial charge on any atom is 0.230 e. The van der Waals surface area contributed by atoms with Crippen molar-refractivity contribution in [2.75, 3.05) is 23.9 Å². The fourth-order valence-electron chi connectivity index (χ4n) is 3.13.